The van der Waals surface area contributed by atoms with E-state index in [4.69, 9.17) is 4.74 Å². The van der Waals surface area contributed by atoms with E-state index in [1.807, 2.05) is 19.0 Å². The van der Waals surface area contributed by atoms with Gasteiger partial charge in [-0.2, -0.15) is 0 Å². The Bertz CT molecular complexity index is 301. The Hall–Kier alpha value is -1.49. The molecule has 0 bridgehead atoms. The summed E-state index contributed by atoms with van der Waals surface area (Å²) in [6.45, 7) is 1.32. The average Bonchev–Trinajstić information content (AvgIpc) is 2.25. The molecule has 1 aromatic heterocycles. The van der Waals surface area contributed by atoms with Gasteiger partial charge in [-0.15, -0.1) is 0 Å². The second-order valence-electron chi connectivity index (χ2n) is 3.42. The van der Waals surface area contributed by atoms with Crippen molar-refractivity contribution in [2.45, 2.75) is 6.42 Å². The second kappa shape index (κ2) is 6.08. The molecule has 15 heavy (non-hydrogen) atoms. The third-order valence-corrected chi connectivity index (χ3v) is 1.78. The van der Waals surface area contributed by atoms with Gasteiger partial charge in [-0.05, 0) is 20.5 Å². The molecule has 0 fully saturated rings. The van der Waals surface area contributed by atoms with Crippen LogP contribution < -0.4 is 0 Å². The highest BCUT2D eigenvalue weighted by Gasteiger charge is 2.06. The smallest absolute Gasteiger partial charge is 0.341 e. The van der Waals surface area contributed by atoms with Gasteiger partial charge in [0, 0.05) is 18.9 Å². The topological polar surface area (TPSA) is 55.3 Å². The number of esters is 1. The van der Waals surface area contributed by atoms with Crippen LogP contribution in [0, 0.1) is 0 Å². The summed E-state index contributed by atoms with van der Waals surface area (Å²) in [4.78, 5) is 20.9. The fraction of sp³-hybridized carbons (Fsp3) is 0.500. The molecular formula is C10H15N3O2. The number of aromatic nitrogens is 2. The van der Waals surface area contributed by atoms with Crippen LogP contribution in [0.25, 0.3) is 0 Å². The Kier molecular flexibility index (Phi) is 4.70. The number of hydrogen-bond acceptors (Lipinski definition) is 5. The molecule has 0 unspecified atom stereocenters. The van der Waals surface area contributed by atoms with Crippen LogP contribution in [0.4, 0.5) is 0 Å². The van der Waals surface area contributed by atoms with Crippen molar-refractivity contribution in [1.82, 2.24) is 14.9 Å². The molecule has 0 aliphatic rings. The van der Waals surface area contributed by atoms with Gasteiger partial charge in [0.15, 0.2) is 0 Å². The van der Waals surface area contributed by atoms with E-state index in [1.54, 1.807) is 0 Å². The molecule has 82 valence electrons. The van der Waals surface area contributed by atoms with Crippen LogP contribution in [0.15, 0.2) is 18.7 Å². The summed E-state index contributed by atoms with van der Waals surface area (Å²) in [5, 5.41) is 0. The van der Waals surface area contributed by atoms with E-state index in [9.17, 15) is 4.79 Å². The summed E-state index contributed by atoms with van der Waals surface area (Å²) in [5.41, 5.74) is 0.391. The van der Waals surface area contributed by atoms with E-state index in [-0.39, 0.29) is 5.97 Å². The Labute approximate surface area is 89.1 Å². The molecule has 0 N–H and O–H groups in total. The van der Waals surface area contributed by atoms with Crippen LogP contribution in [0.2, 0.25) is 0 Å². The van der Waals surface area contributed by atoms with Crippen LogP contribution in [-0.4, -0.2) is 48.1 Å². The zero-order chi connectivity index (χ0) is 11.1. The second-order valence-corrected chi connectivity index (χ2v) is 3.42. The Morgan fingerprint density at radius 1 is 1.40 bits per heavy atom. The van der Waals surface area contributed by atoms with Crippen molar-refractivity contribution in [1.29, 1.82) is 0 Å². The van der Waals surface area contributed by atoms with E-state index < -0.39 is 0 Å². The lowest BCUT2D eigenvalue weighted by atomic mass is 10.3. The average molecular weight is 209 g/mol. The molecular weight excluding hydrogens is 194 g/mol. The molecule has 0 saturated carbocycles. The summed E-state index contributed by atoms with van der Waals surface area (Å²) >= 11 is 0. The van der Waals surface area contributed by atoms with Gasteiger partial charge < -0.3 is 9.64 Å². The summed E-state index contributed by atoms with van der Waals surface area (Å²) < 4.78 is 5.03. The molecule has 0 amide bonds. The Morgan fingerprint density at radius 3 is 2.67 bits per heavy atom. The van der Waals surface area contributed by atoms with Crippen LogP contribution in [0.3, 0.4) is 0 Å². The molecule has 0 aliphatic heterocycles. The predicted octanol–water partition coefficient (Wildman–Crippen LogP) is 0.585. The molecule has 0 saturated heterocycles. The number of hydrogen-bond donors (Lipinski definition) is 0. The molecule has 0 aromatic carbocycles. The third-order valence-electron chi connectivity index (χ3n) is 1.78. The number of carbonyl (C=O) groups is 1. The maximum atomic E-state index is 11.4. The maximum Gasteiger partial charge on any atom is 0.341 e. The van der Waals surface area contributed by atoms with E-state index in [0.29, 0.717) is 12.2 Å². The van der Waals surface area contributed by atoms with Gasteiger partial charge in [0.2, 0.25) is 0 Å². The van der Waals surface area contributed by atoms with Gasteiger partial charge >= 0.3 is 5.97 Å². The number of ether oxygens (including phenoxy) is 1. The molecule has 0 atom stereocenters. The van der Waals surface area contributed by atoms with Gasteiger partial charge in [0.1, 0.15) is 6.33 Å². The fourth-order valence-electron chi connectivity index (χ4n) is 1.03. The molecule has 0 aliphatic carbocycles. The van der Waals surface area contributed by atoms with E-state index in [1.165, 1.54) is 18.7 Å². The maximum absolute atomic E-state index is 11.4. The van der Waals surface area contributed by atoms with Crippen molar-refractivity contribution < 1.29 is 9.53 Å². The highest BCUT2D eigenvalue weighted by atomic mass is 16.5. The lowest BCUT2D eigenvalue weighted by Crippen LogP contribution is -2.16. The number of carbonyl (C=O) groups excluding carboxylic acids is 1. The quantitative estimate of drug-likeness (QED) is 0.524. The van der Waals surface area contributed by atoms with Crippen molar-refractivity contribution in [3.05, 3.63) is 24.3 Å². The normalized spacial score (nSPS) is 10.3. The number of rotatable bonds is 5. The molecule has 1 rings (SSSR count). The minimum atomic E-state index is -0.366. The first-order valence-corrected chi connectivity index (χ1v) is 4.77. The molecule has 0 spiro atoms. The summed E-state index contributed by atoms with van der Waals surface area (Å²) in [6, 6.07) is 0. The van der Waals surface area contributed by atoms with Crippen LogP contribution in [0.1, 0.15) is 16.8 Å². The molecule has 5 heteroatoms. The van der Waals surface area contributed by atoms with Crippen molar-refractivity contribution in [2.75, 3.05) is 27.2 Å². The van der Waals surface area contributed by atoms with Crippen molar-refractivity contribution in [2.24, 2.45) is 0 Å². The Morgan fingerprint density at radius 2 is 2.07 bits per heavy atom. The number of nitrogens with zero attached hydrogens (tertiary/aromatic N) is 3. The summed E-state index contributed by atoms with van der Waals surface area (Å²) in [7, 11) is 3.96. The van der Waals surface area contributed by atoms with Gasteiger partial charge in [-0.1, -0.05) is 0 Å². The molecule has 0 radical (unpaired) electrons. The van der Waals surface area contributed by atoms with Gasteiger partial charge in [0.25, 0.3) is 0 Å². The molecule has 5 nitrogen and oxygen atoms in total. The SMILES string of the molecule is CN(C)CCCOC(=O)c1cncnc1. The van der Waals surface area contributed by atoms with Crippen molar-refractivity contribution in [3.63, 3.8) is 0 Å². The zero-order valence-electron chi connectivity index (χ0n) is 9.01. The van der Waals surface area contributed by atoms with E-state index >= 15 is 0 Å². The zero-order valence-corrected chi connectivity index (χ0v) is 9.01. The lowest BCUT2D eigenvalue weighted by Gasteiger charge is -2.09. The first kappa shape index (κ1) is 11.6. The molecule has 1 aromatic rings. The van der Waals surface area contributed by atoms with Gasteiger partial charge in [-0.3, -0.25) is 0 Å². The fourth-order valence-corrected chi connectivity index (χ4v) is 1.03. The first-order chi connectivity index (χ1) is 7.20. The third kappa shape index (κ3) is 4.51. The van der Waals surface area contributed by atoms with Crippen LogP contribution in [0.5, 0.6) is 0 Å². The van der Waals surface area contributed by atoms with Crippen molar-refractivity contribution in [3.8, 4) is 0 Å². The van der Waals surface area contributed by atoms with Gasteiger partial charge in [-0.25, -0.2) is 14.8 Å². The van der Waals surface area contributed by atoms with Crippen LogP contribution in [-0.2, 0) is 4.74 Å². The standard InChI is InChI=1S/C10H15N3O2/c1-13(2)4-3-5-15-10(14)9-6-11-8-12-7-9/h6-8H,3-5H2,1-2H3. The highest BCUT2D eigenvalue weighted by Crippen LogP contribution is 1.97. The van der Waals surface area contributed by atoms with Crippen molar-refractivity contribution >= 4 is 5.97 Å². The predicted molar refractivity (Wildman–Crippen MR) is 55.5 cm³/mol. The first-order valence-electron chi connectivity index (χ1n) is 4.77. The monoisotopic (exact) mass is 209 g/mol. The minimum absolute atomic E-state index is 0.366. The Balaban J connectivity index is 2.25. The minimum Gasteiger partial charge on any atom is -0.462 e. The highest BCUT2D eigenvalue weighted by molar-refractivity contribution is 5.88. The summed E-state index contributed by atoms with van der Waals surface area (Å²) in [5.74, 6) is -0.366. The largest absolute Gasteiger partial charge is 0.462 e. The van der Waals surface area contributed by atoms with Crippen LogP contribution >= 0.6 is 0 Å². The van der Waals surface area contributed by atoms with E-state index in [0.717, 1.165) is 13.0 Å². The summed E-state index contributed by atoms with van der Waals surface area (Å²) in [6.07, 6.45) is 5.10. The van der Waals surface area contributed by atoms with Gasteiger partial charge in [0.05, 0.1) is 12.2 Å². The van der Waals surface area contributed by atoms with E-state index in [2.05, 4.69) is 9.97 Å². The lowest BCUT2D eigenvalue weighted by molar-refractivity contribution is 0.0492. The molecule has 1 heterocycles.